The van der Waals surface area contributed by atoms with E-state index in [0.717, 1.165) is 24.0 Å². The number of rotatable bonds is 6. The molecule has 1 heterocycles. The average molecular weight is 434 g/mol. The highest BCUT2D eigenvalue weighted by Crippen LogP contribution is 2.45. The minimum absolute atomic E-state index is 0.274. The minimum atomic E-state index is -1.06. The van der Waals surface area contributed by atoms with Gasteiger partial charge in [0.1, 0.15) is 12.2 Å². The molecule has 1 N–H and O–H groups in total. The second-order valence-electron chi connectivity index (χ2n) is 7.63. The predicted molar refractivity (Wildman–Crippen MR) is 110 cm³/mol. The largest absolute Gasteiger partial charge is 0.481 e. The summed E-state index contributed by atoms with van der Waals surface area (Å²) in [4.78, 5) is 26.3. The molecule has 152 valence electrons. The van der Waals surface area contributed by atoms with Gasteiger partial charge >= 0.3 is 5.97 Å². The summed E-state index contributed by atoms with van der Waals surface area (Å²) in [6, 6.07) is 14.3. The number of benzene rings is 2. The number of carbonyl (C=O) groups is 2. The van der Waals surface area contributed by atoms with Gasteiger partial charge < -0.3 is 14.7 Å². The Labute approximate surface area is 179 Å². The molecule has 0 radical (unpaired) electrons. The molecule has 1 aliphatic heterocycles. The average Bonchev–Trinajstić information content (AvgIpc) is 3.50. The van der Waals surface area contributed by atoms with Gasteiger partial charge in [0.05, 0.1) is 12.5 Å². The summed E-state index contributed by atoms with van der Waals surface area (Å²) in [5.74, 6) is -0.887. The molecular formula is C22H21Cl2NO4. The summed E-state index contributed by atoms with van der Waals surface area (Å²) < 4.78 is 6.12. The molecule has 1 amide bonds. The van der Waals surface area contributed by atoms with Crippen molar-refractivity contribution in [3.05, 3.63) is 69.7 Å². The van der Waals surface area contributed by atoms with Crippen LogP contribution in [0.4, 0.5) is 0 Å². The maximum Gasteiger partial charge on any atom is 0.306 e. The van der Waals surface area contributed by atoms with Crippen LogP contribution in [0.5, 0.6) is 0 Å². The van der Waals surface area contributed by atoms with Gasteiger partial charge in [0.25, 0.3) is 5.91 Å². The number of hydrogen-bond acceptors (Lipinski definition) is 3. The fraction of sp³-hybridized carbons (Fsp3) is 0.364. The third-order valence-electron chi connectivity index (χ3n) is 5.41. The molecule has 2 aromatic carbocycles. The molecule has 2 aromatic rings. The number of carboxylic acid groups (broad SMARTS) is 1. The maximum atomic E-state index is 13.2. The molecule has 1 aliphatic carbocycles. The molecule has 0 unspecified atom stereocenters. The topological polar surface area (TPSA) is 66.8 Å². The highest BCUT2D eigenvalue weighted by Gasteiger charge is 2.46. The third kappa shape index (κ3) is 4.58. The number of nitrogens with zero attached hydrogens (tertiary/aromatic N) is 1. The van der Waals surface area contributed by atoms with Crippen LogP contribution in [0, 0.1) is 5.92 Å². The lowest BCUT2D eigenvalue weighted by atomic mass is 9.91. The van der Waals surface area contributed by atoms with Crippen molar-refractivity contribution in [1.82, 2.24) is 4.90 Å². The number of carbonyl (C=O) groups excluding carboxylic acids is 1. The van der Waals surface area contributed by atoms with E-state index in [1.165, 1.54) is 0 Å². The van der Waals surface area contributed by atoms with Gasteiger partial charge in [0, 0.05) is 16.6 Å². The predicted octanol–water partition coefficient (Wildman–Crippen LogP) is 4.89. The van der Waals surface area contributed by atoms with Gasteiger partial charge in [-0.1, -0.05) is 47.5 Å². The summed E-state index contributed by atoms with van der Waals surface area (Å²) >= 11 is 12.1. The Bertz CT molecular complexity index is 896. The van der Waals surface area contributed by atoms with E-state index in [1.54, 1.807) is 29.2 Å². The molecule has 0 spiro atoms. The van der Waals surface area contributed by atoms with Crippen LogP contribution < -0.4 is 0 Å². The first kappa shape index (κ1) is 20.2. The zero-order valence-corrected chi connectivity index (χ0v) is 17.1. The lowest BCUT2D eigenvalue weighted by molar-refractivity contribution is -0.179. The molecule has 1 saturated carbocycles. The molecule has 4 rings (SSSR count). The Hall–Kier alpha value is -2.08. The molecular weight excluding hydrogens is 413 g/mol. The molecule has 29 heavy (non-hydrogen) atoms. The van der Waals surface area contributed by atoms with Crippen LogP contribution in [0.2, 0.25) is 10.0 Å². The van der Waals surface area contributed by atoms with Gasteiger partial charge in [-0.15, -0.1) is 0 Å². The van der Waals surface area contributed by atoms with E-state index in [0.29, 0.717) is 22.5 Å². The van der Waals surface area contributed by atoms with E-state index in [4.69, 9.17) is 27.9 Å². The quantitative estimate of drug-likeness (QED) is 0.703. The van der Waals surface area contributed by atoms with Gasteiger partial charge in [-0.25, -0.2) is 0 Å². The fourth-order valence-electron chi connectivity index (χ4n) is 3.80. The number of hydrogen-bond donors (Lipinski definition) is 1. The molecule has 7 heteroatoms. The van der Waals surface area contributed by atoms with Crippen molar-refractivity contribution in [2.24, 2.45) is 5.92 Å². The molecule has 0 bridgehead atoms. The Morgan fingerprint density at radius 2 is 1.55 bits per heavy atom. The summed E-state index contributed by atoms with van der Waals surface area (Å²) in [7, 11) is 0. The molecule has 5 nitrogen and oxygen atoms in total. The minimum Gasteiger partial charge on any atom is -0.481 e. The molecule has 2 aliphatic rings. The Kier molecular flexibility index (Phi) is 5.81. The van der Waals surface area contributed by atoms with Crippen LogP contribution in [0.1, 0.15) is 42.5 Å². The van der Waals surface area contributed by atoms with E-state index < -0.39 is 18.2 Å². The van der Waals surface area contributed by atoms with Gasteiger partial charge in [0.15, 0.2) is 0 Å². The van der Waals surface area contributed by atoms with Crippen molar-refractivity contribution < 1.29 is 19.4 Å². The number of amides is 1. The highest BCUT2D eigenvalue weighted by molar-refractivity contribution is 6.30. The first-order chi connectivity index (χ1) is 13.9. The van der Waals surface area contributed by atoms with Gasteiger partial charge in [-0.3, -0.25) is 9.59 Å². The second kappa shape index (κ2) is 8.34. The Balaban J connectivity index is 1.77. The standard InChI is InChI=1S/C22H21Cl2NO4/c23-16-7-3-14(4-8-16)20-21(15-5-9-17(24)10-6-15)29-18(11-19(26)27)22(28)25(20)12-13-1-2-13/h3-10,13,18,20-21H,1-2,11-12H2,(H,26,27)/t18-,20+,21-/m0/s1. The first-order valence-electron chi connectivity index (χ1n) is 9.61. The number of carboxylic acids is 1. The molecule has 2 fully saturated rings. The summed E-state index contributed by atoms with van der Waals surface area (Å²) in [6.45, 7) is 0.593. The van der Waals surface area contributed by atoms with E-state index in [-0.39, 0.29) is 18.4 Å². The van der Waals surface area contributed by atoms with Gasteiger partial charge in [0.2, 0.25) is 0 Å². The maximum absolute atomic E-state index is 13.2. The smallest absolute Gasteiger partial charge is 0.306 e. The van der Waals surface area contributed by atoms with E-state index >= 15 is 0 Å². The van der Waals surface area contributed by atoms with Crippen LogP contribution in [0.15, 0.2) is 48.5 Å². The van der Waals surface area contributed by atoms with Crippen LogP contribution in [-0.4, -0.2) is 34.5 Å². The normalized spacial score (nSPS) is 24.6. The zero-order valence-electron chi connectivity index (χ0n) is 15.6. The van der Waals surface area contributed by atoms with E-state index in [9.17, 15) is 14.7 Å². The van der Waals surface area contributed by atoms with Crippen molar-refractivity contribution in [2.45, 2.75) is 37.5 Å². The fourth-order valence-corrected chi connectivity index (χ4v) is 4.05. The van der Waals surface area contributed by atoms with Crippen LogP contribution in [0.25, 0.3) is 0 Å². The number of ether oxygens (including phenoxy) is 1. The van der Waals surface area contributed by atoms with Crippen LogP contribution in [-0.2, 0) is 14.3 Å². The third-order valence-corrected chi connectivity index (χ3v) is 5.92. The first-order valence-corrected chi connectivity index (χ1v) is 10.4. The molecule has 3 atom stereocenters. The zero-order chi connectivity index (χ0) is 20.5. The number of halogens is 2. The van der Waals surface area contributed by atoms with Crippen molar-refractivity contribution in [3.8, 4) is 0 Å². The lowest BCUT2D eigenvalue weighted by Crippen LogP contribution is -2.52. The second-order valence-corrected chi connectivity index (χ2v) is 8.50. The summed E-state index contributed by atoms with van der Waals surface area (Å²) in [5.41, 5.74) is 1.75. The van der Waals surface area contributed by atoms with E-state index in [1.807, 2.05) is 24.3 Å². The van der Waals surface area contributed by atoms with Crippen LogP contribution >= 0.6 is 23.2 Å². The summed E-state index contributed by atoms with van der Waals surface area (Å²) in [6.07, 6.45) is 0.266. The number of morpholine rings is 1. The van der Waals surface area contributed by atoms with Crippen molar-refractivity contribution in [3.63, 3.8) is 0 Å². The SMILES string of the molecule is O=C(O)C[C@@H]1O[C@@H](c2ccc(Cl)cc2)[C@@H](c2ccc(Cl)cc2)N(CC2CC2)C1=O. The van der Waals surface area contributed by atoms with Gasteiger partial charge in [-0.05, 0) is 54.2 Å². The lowest BCUT2D eigenvalue weighted by Gasteiger charge is -2.44. The molecule has 1 saturated heterocycles. The van der Waals surface area contributed by atoms with E-state index in [2.05, 4.69) is 0 Å². The monoisotopic (exact) mass is 433 g/mol. The Morgan fingerprint density at radius 1 is 1.00 bits per heavy atom. The Morgan fingerprint density at radius 3 is 2.07 bits per heavy atom. The highest BCUT2D eigenvalue weighted by atomic mass is 35.5. The van der Waals surface area contributed by atoms with Crippen LogP contribution in [0.3, 0.4) is 0 Å². The van der Waals surface area contributed by atoms with Crippen molar-refractivity contribution >= 4 is 35.1 Å². The van der Waals surface area contributed by atoms with Gasteiger partial charge in [-0.2, -0.15) is 0 Å². The van der Waals surface area contributed by atoms with Crippen molar-refractivity contribution in [2.75, 3.05) is 6.54 Å². The molecule has 0 aromatic heterocycles. The number of aliphatic carboxylic acids is 1. The summed E-state index contributed by atoms with van der Waals surface area (Å²) in [5, 5.41) is 10.5. The van der Waals surface area contributed by atoms with Crippen molar-refractivity contribution in [1.29, 1.82) is 0 Å².